The molecule has 23 heavy (non-hydrogen) atoms. The SMILES string of the molecule is COc1ccccc1N1CCC[C@H](NC(=O)NC2CC=CC2)C1. The second-order valence-corrected chi connectivity index (χ2v) is 6.21. The molecule has 1 aromatic carbocycles. The monoisotopic (exact) mass is 315 g/mol. The van der Waals surface area contributed by atoms with Crippen molar-refractivity contribution in [1.82, 2.24) is 10.6 Å². The minimum absolute atomic E-state index is 0.0504. The highest BCUT2D eigenvalue weighted by Gasteiger charge is 2.24. The van der Waals surface area contributed by atoms with E-state index in [4.69, 9.17) is 4.74 Å². The average Bonchev–Trinajstić information content (AvgIpc) is 3.07. The molecular formula is C18H25N3O2. The van der Waals surface area contributed by atoms with Gasteiger partial charge in [-0.1, -0.05) is 24.3 Å². The number of hydrogen-bond acceptors (Lipinski definition) is 3. The molecule has 0 saturated carbocycles. The number of benzene rings is 1. The Bertz CT molecular complexity index is 565. The van der Waals surface area contributed by atoms with Gasteiger partial charge in [0.2, 0.25) is 0 Å². The van der Waals surface area contributed by atoms with Crippen LogP contribution in [0.25, 0.3) is 0 Å². The smallest absolute Gasteiger partial charge is 0.315 e. The van der Waals surface area contributed by atoms with Gasteiger partial charge in [-0.2, -0.15) is 0 Å². The van der Waals surface area contributed by atoms with Crippen molar-refractivity contribution in [3.8, 4) is 5.75 Å². The molecule has 0 radical (unpaired) electrons. The third-order valence-electron chi connectivity index (χ3n) is 4.53. The number of ether oxygens (including phenoxy) is 1. The summed E-state index contributed by atoms with van der Waals surface area (Å²) in [6.07, 6.45) is 8.19. The van der Waals surface area contributed by atoms with Crippen molar-refractivity contribution in [2.24, 2.45) is 0 Å². The molecule has 124 valence electrons. The number of urea groups is 1. The number of para-hydroxylation sites is 2. The molecule has 0 unspecified atom stereocenters. The lowest BCUT2D eigenvalue weighted by Gasteiger charge is -2.35. The van der Waals surface area contributed by atoms with Crippen molar-refractivity contribution in [1.29, 1.82) is 0 Å². The van der Waals surface area contributed by atoms with Gasteiger partial charge in [0.15, 0.2) is 0 Å². The number of carbonyl (C=O) groups is 1. The van der Waals surface area contributed by atoms with Crippen LogP contribution in [0.2, 0.25) is 0 Å². The highest BCUT2D eigenvalue weighted by Crippen LogP contribution is 2.29. The summed E-state index contributed by atoms with van der Waals surface area (Å²) in [5, 5.41) is 6.17. The fourth-order valence-electron chi connectivity index (χ4n) is 3.35. The highest BCUT2D eigenvalue weighted by molar-refractivity contribution is 5.75. The number of hydrogen-bond donors (Lipinski definition) is 2. The zero-order chi connectivity index (χ0) is 16.1. The highest BCUT2D eigenvalue weighted by atomic mass is 16.5. The maximum Gasteiger partial charge on any atom is 0.315 e. The van der Waals surface area contributed by atoms with Crippen LogP contribution in [-0.4, -0.2) is 38.3 Å². The summed E-state index contributed by atoms with van der Waals surface area (Å²) in [6, 6.07) is 8.43. The molecule has 3 rings (SSSR count). The first-order valence-electron chi connectivity index (χ1n) is 8.36. The van der Waals surface area contributed by atoms with Gasteiger partial charge < -0.3 is 20.3 Å². The molecule has 2 N–H and O–H groups in total. The number of amides is 2. The number of methoxy groups -OCH3 is 1. The van der Waals surface area contributed by atoms with E-state index in [0.29, 0.717) is 0 Å². The van der Waals surface area contributed by atoms with E-state index in [1.165, 1.54) is 0 Å². The van der Waals surface area contributed by atoms with Gasteiger partial charge in [-0.25, -0.2) is 4.79 Å². The van der Waals surface area contributed by atoms with Crippen LogP contribution in [0.5, 0.6) is 5.75 Å². The average molecular weight is 315 g/mol. The topological polar surface area (TPSA) is 53.6 Å². The number of piperidine rings is 1. The molecule has 2 aliphatic rings. The summed E-state index contributed by atoms with van der Waals surface area (Å²) in [5.74, 6) is 0.884. The van der Waals surface area contributed by atoms with Crippen LogP contribution in [0.4, 0.5) is 10.5 Å². The summed E-state index contributed by atoms with van der Waals surface area (Å²) < 4.78 is 5.46. The Kier molecular flexibility index (Phi) is 5.05. The van der Waals surface area contributed by atoms with E-state index in [-0.39, 0.29) is 18.1 Å². The molecule has 2 amide bonds. The van der Waals surface area contributed by atoms with Crippen molar-refractivity contribution < 1.29 is 9.53 Å². The number of carbonyl (C=O) groups excluding carboxylic acids is 1. The first-order chi connectivity index (χ1) is 11.3. The number of nitrogens with one attached hydrogen (secondary N) is 2. The fraction of sp³-hybridized carbons (Fsp3) is 0.500. The summed E-state index contributed by atoms with van der Waals surface area (Å²) in [4.78, 5) is 14.4. The van der Waals surface area contributed by atoms with E-state index in [1.807, 2.05) is 18.2 Å². The van der Waals surface area contributed by atoms with Gasteiger partial charge in [0, 0.05) is 25.2 Å². The maximum absolute atomic E-state index is 12.1. The van der Waals surface area contributed by atoms with Gasteiger partial charge in [0.05, 0.1) is 12.8 Å². The van der Waals surface area contributed by atoms with E-state index >= 15 is 0 Å². The first kappa shape index (κ1) is 15.7. The predicted molar refractivity (Wildman–Crippen MR) is 92.1 cm³/mol. The Morgan fingerprint density at radius 1 is 1.17 bits per heavy atom. The van der Waals surface area contributed by atoms with Gasteiger partial charge in [0.1, 0.15) is 5.75 Å². The quantitative estimate of drug-likeness (QED) is 0.840. The number of rotatable bonds is 4. The minimum Gasteiger partial charge on any atom is -0.495 e. The molecular weight excluding hydrogens is 290 g/mol. The van der Waals surface area contributed by atoms with Crippen molar-refractivity contribution in [3.63, 3.8) is 0 Å². The minimum atomic E-state index is -0.0504. The molecule has 1 aliphatic heterocycles. The molecule has 5 nitrogen and oxygen atoms in total. The lowest BCUT2D eigenvalue weighted by molar-refractivity contribution is 0.231. The number of nitrogens with zero attached hydrogens (tertiary/aromatic N) is 1. The molecule has 1 saturated heterocycles. The molecule has 1 fully saturated rings. The van der Waals surface area contributed by atoms with Gasteiger partial charge in [-0.15, -0.1) is 0 Å². The Balaban J connectivity index is 1.56. The largest absolute Gasteiger partial charge is 0.495 e. The van der Waals surface area contributed by atoms with Gasteiger partial charge >= 0.3 is 6.03 Å². The zero-order valence-corrected chi connectivity index (χ0v) is 13.6. The third-order valence-corrected chi connectivity index (χ3v) is 4.53. The van der Waals surface area contributed by atoms with Gasteiger partial charge in [-0.3, -0.25) is 0 Å². The lowest BCUT2D eigenvalue weighted by atomic mass is 10.0. The van der Waals surface area contributed by atoms with Crippen LogP contribution < -0.4 is 20.3 Å². The first-order valence-corrected chi connectivity index (χ1v) is 8.36. The van der Waals surface area contributed by atoms with E-state index in [1.54, 1.807) is 7.11 Å². The summed E-state index contributed by atoms with van der Waals surface area (Å²) in [7, 11) is 1.70. The maximum atomic E-state index is 12.1. The summed E-state index contributed by atoms with van der Waals surface area (Å²) in [5.41, 5.74) is 1.10. The third kappa shape index (κ3) is 3.97. The molecule has 1 aliphatic carbocycles. The van der Waals surface area contributed by atoms with Crippen LogP contribution in [0.15, 0.2) is 36.4 Å². The van der Waals surface area contributed by atoms with E-state index in [2.05, 4.69) is 33.8 Å². The van der Waals surface area contributed by atoms with Crippen LogP contribution in [-0.2, 0) is 0 Å². The molecule has 1 heterocycles. The van der Waals surface area contributed by atoms with Crippen molar-refractivity contribution in [2.45, 2.75) is 37.8 Å². The molecule has 1 aromatic rings. The summed E-state index contributed by atoms with van der Waals surface area (Å²) in [6.45, 7) is 1.81. The zero-order valence-electron chi connectivity index (χ0n) is 13.6. The van der Waals surface area contributed by atoms with Gasteiger partial charge in [0.25, 0.3) is 0 Å². The second-order valence-electron chi connectivity index (χ2n) is 6.21. The van der Waals surface area contributed by atoms with E-state index in [9.17, 15) is 4.79 Å². The van der Waals surface area contributed by atoms with Crippen LogP contribution in [0.3, 0.4) is 0 Å². The van der Waals surface area contributed by atoms with Gasteiger partial charge in [-0.05, 0) is 37.8 Å². The Morgan fingerprint density at radius 2 is 1.91 bits per heavy atom. The molecule has 0 spiro atoms. The standard InChI is InChI=1S/C18H25N3O2/c1-23-17-11-5-4-10-16(17)21-12-6-9-15(13-21)20-18(22)19-14-7-2-3-8-14/h2-5,10-11,14-15H,6-9,12-13H2,1H3,(H2,19,20,22)/t15-/m0/s1. The normalized spacial score (nSPS) is 21.3. The molecule has 0 bridgehead atoms. The lowest BCUT2D eigenvalue weighted by Crippen LogP contribution is -2.52. The van der Waals surface area contributed by atoms with Crippen molar-refractivity contribution in [3.05, 3.63) is 36.4 Å². The van der Waals surface area contributed by atoms with Crippen LogP contribution >= 0.6 is 0 Å². The Morgan fingerprint density at radius 3 is 2.70 bits per heavy atom. The molecule has 1 atom stereocenters. The fourth-order valence-corrected chi connectivity index (χ4v) is 3.35. The second kappa shape index (κ2) is 7.40. The number of anilines is 1. The predicted octanol–water partition coefficient (Wildman–Crippen LogP) is 2.68. The Hall–Kier alpha value is -2.17. The van der Waals surface area contributed by atoms with E-state index in [0.717, 1.165) is 50.2 Å². The van der Waals surface area contributed by atoms with Crippen LogP contribution in [0, 0.1) is 0 Å². The molecule has 0 aromatic heterocycles. The van der Waals surface area contributed by atoms with Crippen molar-refractivity contribution in [2.75, 3.05) is 25.1 Å². The Labute approximate surface area is 137 Å². The molecule has 5 heteroatoms. The van der Waals surface area contributed by atoms with Crippen molar-refractivity contribution >= 4 is 11.7 Å². The van der Waals surface area contributed by atoms with E-state index < -0.39 is 0 Å². The van der Waals surface area contributed by atoms with Crippen LogP contribution in [0.1, 0.15) is 25.7 Å². The summed E-state index contributed by atoms with van der Waals surface area (Å²) >= 11 is 0.